The van der Waals surface area contributed by atoms with Gasteiger partial charge in [0.25, 0.3) is 0 Å². The van der Waals surface area contributed by atoms with E-state index in [1.165, 1.54) is 72.5 Å². The predicted molar refractivity (Wildman–Crippen MR) is 304 cm³/mol. The molecule has 2 heteroatoms. The molecule has 2 aliphatic carbocycles. The number of allylic oxidation sites excluding steroid dienone is 7. The fraction of sp³-hybridized carbons (Fsp3) is 0.118. The Labute approximate surface area is 414 Å². The van der Waals surface area contributed by atoms with Gasteiger partial charge in [0, 0.05) is 16.8 Å². The van der Waals surface area contributed by atoms with Gasteiger partial charge in [0.05, 0.1) is 22.7 Å². The van der Waals surface area contributed by atoms with Crippen LogP contribution in [0.3, 0.4) is 0 Å². The van der Waals surface area contributed by atoms with Gasteiger partial charge in [-0.2, -0.15) is 0 Å². The molecule has 4 aliphatic rings. The van der Waals surface area contributed by atoms with Crippen LogP contribution in [-0.4, -0.2) is 0 Å². The number of hydrogen-bond donors (Lipinski definition) is 0. The summed E-state index contributed by atoms with van der Waals surface area (Å²) in [4.78, 5) is 4.92. The Hall–Kier alpha value is -8.20. The molecule has 2 aliphatic heterocycles. The molecule has 0 radical (unpaired) electrons. The highest BCUT2D eigenvalue weighted by molar-refractivity contribution is 5.99. The average molecular weight is 903 g/mol. The second kappa shape index (κ2) is 18.4. The lowest BCUT2D eigenvalue weighted by molar-refractivity contribution is 0.660. The lowest BCUT2D eigenvalue weighted by Gasteiger charge is -2.30. The molecule has 0 fully saturated rings. The summed E-state index contributed by atoms with van der Waals surface area (Å²) in [6, 6.07) is 63.3. The van der Waals surface area contributed by atoms with Crippen molar-refractivity contribution in [1.29, 1.82) is 0 Å². The summed E-state index contributed by atoms with van der Waals surface area (Å²) < 4.78 is 0. The molecular weight excluding hydrogens is 845 g/mol. The van der Waals surface area contributed by atoms with Gasteiger partial charge in [-0.25, -0.2) is 0 Å². The van der Waals surface area contributed by atoms with Crippen molar-refractivity contribution >= 4 is 69.6 Å². The van der Waals surface area contributed by atoms with E-state index in [2.05, 4.69) is 256 Å². The van der Waals surface area contributed by atoms with Gasteiger partial charge in [0.1, 0.15) is 0 Å². The van der Waals surface area contributed by atoms with E-state index in [-0.39, 0.29) is 5.41 Å². The fourth-order valence-corrected chi connectivity index (χ4v) is 11.0. The average Bonchev–Trinajstić information content (AvgIpc) is 3.53. The molecule has 0 atom stereocenters. The predicted octanol–water partition coefficient (Wildman–Crippen LogP) is 19.6. The van der Waals surface area contributed by atoms with E-state index in [0.29, 0.717) is 0 Å². The van der Waals surface area contributed by atoms with Gasteiger partial charge in [0.2, 0.25) is 0 Å². The number of rotatable bonds is 7. The van der Waals surface area contributed by atoms with Crippen LogP contribution in [0.15, 0.2) is 207 Å². The minimum atomic E-state index is -0.115. The van der Waals surface area contributed by atoms with Gasteiger partial charge in [-0.15, -0.1) is 0 Å². The highest BCUT2D eigenvalue weighted by Gasteiger charge is 2.36. The first kappa shape index (κ1) is 44.3. The molecular formula is C68H58N2. The summed E-state index contributed by atoms with van der Waals surface area (Å²) in [6.45, 7) is 15.0. The molecule has 2 heterocycles. The molecule has 0 spiro atoms. The topological polar surface area (TPSA) is 6.48 Å². The Kier molecular flexibility index (Phi) is 11.6. The number of fused-ring (bicyclic) bond motifs is 7. The number of nitrogens with zero attached hydrogens (tertiary/aromatic N) is 2. The van der Waals surface area contributed by atoms with Crippen LogP contribution in [-0.2, 0) is 5.41 Å². The molecule has 0 amide bonds. The van der Waals surface area contributed by atoms with Crippen LogP contribution in [0.1, 0.15) is 92.0 Å². The largest absolute Gasteiger partial charge is 0.309 e. The third-order valence-electron chi connectivity index (χ3n) is 14.5. The van der Waals surface area contributed by atoms with E-state index in [1.54, 1.807) is 0 Å². The van der Waals surface area contributed by atoms with Crippen LogP contribution in [0.4, 0.5) is 34.1 Å². The number of para-hydroxylation sites is 1. The van der Waals surface area contributed by atoms with Gasteiger partial charge in [-0.3, -0.25) is 0 Å². The van der Waals surface area contributed by atoms with Crippen molar-refractivity contribution in [1.82, 2.24) is 0 Å². The van der Waals surface area contributed by atoms with E-state index < -0.39 is 0 Å². The summed E-state index contributed by atoms with van der Waals surface area (Å²) in [5.41, 5.74) is 26.3. The second-order valence-electron chi connectivity index (χ2n) is 18.8. The van der Waals surface area contributed by atoms with Crippen LogP contribution in [0, 0.1) is 0 Å². The fourth-order valence-electron chi connectivity index (χ4n) is 11.0. The Morgan fingerprint density at radius 2 is 1.06 bits per heavy atom. The van der Waals surface area contributed by atoms with E-state index in [1.807, 2.05) is 19.9 Å². The van der Waals surface area contributed by atoms with Crippen LogP contribution in [0.25, 0.3) is 68.8 Å². The summed E-state index contributed by atoms with van der Waals surface area (Å²) in [6.07, 6.45) is 22.4. The Morgan fingerprint density at radius 1 is 0.471 bits per heavy atom. The maximum atomic E-state index is 4.18. The Morgan fingerprint density at radius 3 is 1.73 bits per heavy atom. The summed E-state index contributed by atoms with van der Waals surface area (Å²) in [7, 11) is 0. The molecule has 8 aromatic carbocycles. The van der Waals surface area contributed by atoms with Crippen molar-refractivity contribution in [2.24, 2.45) is 0 Å². The first-order valence-electron chi connectivity index (χ1n) is 25.0. The van der Waals surface area contributed by atoms with Crippen molar-refractivity contribution in [2.45, 2.75) is 52.9 Å². The lowest BCUT2D eigenvalue weighted by Crippen LogP contribution is -2.17. The zero-order valence-electron chi connectivity index (χ0n) is 40.9. The Bertz CT molecular complexity index is 3520. The third kappa shape index (κ3) is 7.71. The summed E-state index contributed by atoms with van der Waals surface area (Å²) >= 11 is 0. The molecule has 8 aromatic rings. The molecule has 0 aromatic heterocycles. The molecule has 70 heavy (non-hydrogen) atoms. The molecule has 340 valence electrons. The van der Waals surface area contributed by atoms with Crippen molar-refractivity contribution in [3.8, 4) is 33.4 Å². The molecule has 0 saturated carbocycles. The molecule has 0 unspecified atom stereocenters. The normalized spacial score (nSPS) is 14.6. The molecule has 0 bridgehead atoms. The minimum Gasteiger partial charge on any atom is -0.309 e. The quantitative estimate of drug-likeness (QED) is 0.147. The molecule has 0 saturated heterocycles. The van der Waals surface area contributed by atoms with Crippen molar-refractivity contribution < 1.29 is 0 Å². The van der Waals surface area contributed by atoms with E-state index in [9.17, 15) is 0 Å². The number of anilines is 6. The minimum absolute atomic E-state index is 0.115. The lowest BCUT2D eigenvalue weighted by atomic mass is 9.82. The maximum absolute atomic E-state index is 4.18. The van der Waals surface area contributed by atoms with Gasteiger partial charge >= 0.3 is 0 Å². The van der Waals surface area contributed by atoms with Crippen molar-refractivity contribution in [3.63, 3.8) is 0 Å². The third-order valence-corrected chi connectivity index (χ3v) is 14.5. The summed E-state index contributed by atoms with van der Waals surface area (Å²) in [5.74, 6) is 0. The van der Waals surface area contributed by atoms with Crippen LogP contribution < -0.4 is 9.80 Å². The van der Waals surface area contributed by atoms with E-state index in [0.717, 1.165) is 63.5 Å². The molecule has 2 nitrogen and oxygen atoms in total. The molecule has 0 N–H and O–H groups in total. The van der Waals surface area contributed by atoms with Gasteiger partial charge in [-0.05, 0) is 182 Å². The van der Waals surface area contributed by atoms with E-state index in [4.69, 9.17) is 0 Å². The van der Waals surface area contributed by atoms with Crippen LogP contribution in [0.5, 0.6) is 0 Å². The van der Waals surface area contributed by atoms with Crippen LogP contribution in [0.2, 0.25) is 0 Å². The zero-order valence-corrected chi connectivity index (χ0v) is 40.9. The summed E-state index contributed by atoms with van der Waals surface area (Å²) in [5, 5.41) is 0. The van der Waals surface area contributed by atoms with Crippen molar-refractivity contribution in [2.75, 3.05) is 9.80 Å². The molecule has 12 rings (SSSR count). The number of hydrogen-bond acceptors (Lipinski definition) is 2. The first-order valence-corrected chi connectivity index (χ1v) is 25.0. The van der Waals surface area contributed by atoms with Gasteiger partial charge in [0.15, 0.2) is 0 Å². The zero-order chi connectivity index (χ0) is 47.9. The van der Waals surface area contributed by atoms with E-state index >= 15 is 0 Å². The van der Waals surface area contributed by atoms with Crippen LogP contribution >= 0.6 is 0 Å². The van der Waals surface area contributed by atoms with Gasteiger partial charge < -0.3 is 9.80 Å². The van der Waals surface area contributed by atoms with Gasteiger partial charge in [-0.1, -0.05) is 186 Å². The van der Waals surface area contributed by atoms with Crippen molar-refractivity contribution in [3.05, 3.63) is 251 Å². The maximum Gasteiger partial charge on any atom is 0.0534 e. The SMILES string of the molecule is C=C/C(=C\C)c1cc(-c2ccccc2)cc(N2c3ccccc3C=Cc3cc(-c4ccc5c(c4)C=Cc4cc(C6=CCCC=C6)ccc4N5c4ccc5c(c4)C(C)(C)c4ccccc4-5)ccc32)c1.CC. The monoisotopic (exact) mass is 902 g/mol. The second-order valence-corrected chi connectivity index (χ2v) is 18.8. The highest BCUT2D eigenvalue weighted by Crippen LogP contribution is 2.52. The Balaban J connectivity index is 0.00000263. The smallest absolute Gasteiger partial charge is 0.0534 e. The number of benzene rings is 8. The standard InChI is InChI=1S/C66H52N2.C2H6/c1-5-44(6-2)54-40-55(46-19-11-8-12-20-46)42-57(41-54)68-62-24-16-13-21-47(62)25-26-51-38-50(31-36-65(51)68)49-30-35-64-53(39-49)28-27-52-37-48(45-17-9-7-10-18-45)29-34-63(52)67(64)56-32-33-59-58-22-14-15-23-60(58)66(3,4)61(59)43-56;1-2/h5-6,8-9,11-43H,1,7,10H2,2-4H3;1-2H3/b44-6+;. The first-order chi connectivity index (χ1) is 34.4. The highest BCUT2D eigenvalue weighted by atomic mass is 15.2.